The fraction of sp³-hybridized carbons (Fsp3) is 0.409. The van der Waals surface area contributed by atoms with Crippen LogP contribution in [0.1, 0.15) is 12.5 Å². The molecule has 0 amide bonds. The molecule has 0 atom stereocenters. The molecule has 2 aromatic rings. The van der Waals surface area contributed by atoms with Crippen LogP contribution in [0.2, 0.25) is 0 Å². The minimum Gasteiger partial charge on any atom is -0.495 e. The molecule has 0 spiro atoms. The first kappa shape index (κ1) is 22.0. The summed E-state index contributed by atoms with van der Waals surface area (Å²) in [5, 5.41) is 3.37. The Kier molecular flexibility index (Phi) is 7.20. The van der Waals surface area contributed by atoms with Gasteiger partial charge in [-0.1, -0.05) is 24.3 Å². The van der Waals surface area contributed by atoms with Crippen molar-refractivity contribution in [2.24, 2.45) is 4.99 Å². The number of hydrogen-bond donors (Lipinski definition) is 1. The van der Waals surface area contributed by atoms with Crippen molar-refractivity contribution in [1.29, 1.82) is 0 Å². The lowest BCUT2D eigenvalue weighted by Gasteiger charge is -2.38. The molecule has 0 radical (unpaired) electrons. The SMILES string of the molecule is CCNC(=NCc1ccc(S(C)(=O)=O)cc1)N1CCN(c2ccccc2OC)CC1. The summed E-state index contributed by atoms with van der Waals surface area (Å²) < 4.78 is 28.7. The molecular weight excluding hydrogens is 400 g/mol. The number of ether oxygens (including phenoxy) is 1. The third kappa shape index (κ3) is 5.44. The highest BCUT2D eigenvalue weighted by molar-refractivity contribution is 7.90. The van der Waals surface area contributed by atoms with E-state index in [1.165, 1.54) is 6.26 Å². The lowest BCUT2D eigenvalue weighted by atomic mass is 10.2. The molecule has 1 aliphatic rings. The number of anilines is 1. The Balaban J connectivity index is 1.65. The average molecular weight is 431 g/mol. The number of guanidine groups is 1. The van der Waals surface area contributed by atoms with Gasteiger partial charge >= 0.3 is 0 Å². The normalized spacial score (nSPS) is 15.2. The van der Waals surface area contributed by atoms with Gasteiger partial charge in [-0.15, -0.1) is 0 Å². The highest BCUT2D eigenvalue weighted by Crippen LogP contribution is 2.28. The Morgan fingerprint density at radius 2 is 1.73 bits per heavy atom. The molecular formula is C22H30N4O3S. The van der Waals surface area contributed by atoms with Gasteiger partial charge in [0.2, 0.25) is 0 Å². The number of hydrogen-bond acceptors (Lipinski definition) is 5. The van der Waals surface area contributed by atoms with Crippen molar-refractivity contribution in [1.82, 2.24) is 10.2 Å². The molecule has 3 rings (SSSR count). The zero-order valence-electron chi connectivity index (χ0n) is 17.8. The second kappa shape index (κ2) is 9.84. The second-order valence-corrected chi connectivity index (χ2v) is 9.25. The van der Waals surface area contributed by atoms with Gasteiger partial charge in [0.05, 0.1) is 24.2 Å². The lowest BCUT2D eigenvalue weighted by Crippen LogP contribution is -2.52. The van der Waals surface area contributed by atoms with Crippen LogP contribution in [0.15, 0.2) is 58.4 Å². The molecule has 8 heteroatoms. The standard InChI is InChI=1S/C22H30N4O3S/c1-4-23-22(24-17-18-9-11-19(12-10-18)30(3,27)28)26-15-13-25(14-16-26)20-7-5-6-8-21(20)29-2/h5-12H,4,13-17H2,1-3H3,(H,23,24). The number of sulfone groups is 1. The minimum atomic E-state index is -3.18. The largest absolute Gasteiger partial charge is 0.495 e. The first-order chi connectivity index (χ1) is 14.4. The van der Waals surface area contributed by atoms with Crippen LogP contribution in [-0.4, -0.2) is 65.4 Å². The molecule has 1 heterocycles. The summed E-state index contributed by atoms with van der Waals surface area (Å²) in [4.78, 5) is 9.70. The van der Waals surface area contributed by atoms with Gasteiger partial charge in [0.1, 0.15) is 5.75 Å². The van der Waals surface area contributed by atoms with E-state index < -0.39 is 9.84 Å². The van der Waals surface area contributed by atoms with Crippen LogP contribution in [0.4, 0.5) is 5.69 Å². The van der Waals surface area contributed by atoms with Gasteiger partial charge in [-0.25, -0.2) is 13.4 Å². The number of para-hydroxylation sites is 2. The van der Waals surface area contributed by atoms with Gasteiger partial charge in [0, 0.05) is 39.0 Å². The van der Waals surface area contributed by atoms with E-state index in [0.717, 1.165) is 55.7 Å². The molecule has 7 nitrogen and oxygen atoms in total. The van der Waals surface area contributed by atoms with Gasteiger partial charge in [-0.05, 0) is 36.8 Å². The van der Waals surface area contributed by atoms with Crippen LogP contribution in [0.25, 0.3) is 0 Å². The monoisotopic (exact) mass is 430 g/mol. The zero-order valence-corrected chi connectivity index (χ0v) is 18.7. The Bertz CT molecular complexity index is 966. The van der Waals surface area contributed by atoms with Crippen molar-refractivity contribution in [3.05, 3.63) is 54.1 Å². The number of nitrogens with one attached hydrogen (secondary N) is 1. The smallest absolute Gasteiger partial charge is 0.194 e. The topological polar surface area (TPSA) is 74.2 Å². The van der Waals surface area contributed by atoms with Gasteiger partial charge in [0.25, 0.3) is 0 Å². The second-order valence-electron chi connectivity index (χ2n) is 7.23. The van der Waals surface area contributed by atoms with E-state index in [-0.39, 0.29) is 0 Å². The molecule has 1 aliphatic heterocycles. The highest BCUT2D eigenvalue weighted by Gasteiger charge is 2.21. The highest BCUT2D eigenvalue weighted by atomic mass is 32.2. The fourth-order valence-electron chi connectivity index (χ4n) is 3.48. The van der Waals surface area contributed by atoms with Gasteiger partial charge < -0.3 is 19.9 Å². The molecule has 0 aromatic heterocycles. The zero-order chi connectivity index (χ0) is 21.6. The molecule has 0 saturated carbocycles. The van der Waals surface area contributed by atoms with E-state index in [9.17, 15) is 8.42 Å². The first-order valence-corrected chi connectivity index (χ1v) is 12.0. The van der Waals surface area contributed by atoms with Gasteiger partial charge in [0.15, 0.2) is 15.8 Å². The summed E-state index contributed by atoms with van der Waals surface area (Å²) in [6.45, 7) is 6.83. The molecule has 30 heavy (non-hydrogen) atoms. The number of piperazine rings is 1. The van der Waals surface area contributed by atoms with Crippen molar-refractivity contribution in [3.8, 4) is 5.75 Å². The van der Waals surface area contributed by atoms with Crippen LogP contribution < -0.4 is 15.0 Å². The van der Waals surface area contributed by atoms with E-state index in [1.54, 1.807) is 19.2 Å². The number of nitrogens with zero attached hydrogens (tertiary/aromatic N) is 3. The fourth-order valence-corrected chi connectivity index (χ4v) is 4.11. The number of aliphatic imine (C=N–C) groups is 1. The summed E-state index contributed by atoms with van der Waals surface area (Å²) in [5.74, 6) is 1.77. The summed E-state index contributed by atoms with van der Waals surface area (Å²) in [7, 11) is -1.48. The van der Waals surface area contributed by atoms with E-state index >= 15 is 0 Å². The van der Waals surface area contributed by atoms with E-state index in [1.807, 2.05) is 30.3 Å². The van der Waals surface area contributed by atoms with E-state index in [0.29, 0.717) is 11.4 Å². The molecule has 0 bridgehead atoms. The molecule has 162 valence electrons. The predicted molar refractivity (Wildman–Crippen MR) is 121 cm³/mol. The molecule has 1 fully saturated rings. The Morgan fingerprint density at radius 3 is 2.33 bits per heavy atom. The average Bonchev–Trinajstić information content (AvgIpc) is 2.76. The number of benzene rings is 2. The van der Waals surface area contributed by atoms with Crippen LogP contribution in [-0.2, 0) is 16.4 Å². The van der Waals surface area contributed by atoms with Gasteiger partial charge in [-0.2, -0.15) is 0 Å². The molecule has 1 N–H and O–H groups in total. The van der Waals surface area contributed by atoms with Gasteiger partial charge in [-0.3, -0.25) is 0 Å². The van der Waals surface area contributed by atoms with Crippen molar-refractivity contribution in [3.63, 3.8) is 0 Å². The van der Waals surface area contributed by atoms with Crippen molar-refractivity contribution < 1.29 is 13.2 Å². The van der Waals surface area contributed by atoms with Crippen molar-refractivity contribution in [2.75, 3.05) is 51.0 Å². The number of methoxy groups -OCH3 is 1. The number of rotatable bonds is 6. The molecule has 2 aromatic carbocycles. The maximum Gasteiger partial charge on any atom is 0.194 e. The molecule has 0 unspecified atom stereocenters. The van der Waals surface area contributed by atoms with Crippen molar-refractivity contribution >= 4 is 21.5 Å². The first-order valence-electron chi connectivity index (χ1n) is 10.1. The summed E-state index contributed by atoms with van der Waals surface area (Å²) in [5.41, 5.74) is 2.10. The van der Waals surface area contributed by atoms with Crippen LogP contribution in [0.5, 0.6) is 5.75 Å². The Morgan fingerprint density at radius 1 is 1.07 bits per heavy atom. The Hall–Kier alpha value is -2.74. The van der Waals surface area contributed by atoms with Crippen LogP contribution >= 0.6 is 0 Å². The lowest BCUT2D eigenvalue weighted by molar-refractivity contribution is 0.367. The third-order valence-electron chi connectivity index (χ3n) is 5.10. The maximum absolute atomic E-state index is 11.6. The quantitative estimate of drug-likeness (QED) is 0.560. The summed E-state index contributed by atoms with van der Waals surface area (Å²) in [6, 6.07) is 15.0. The van der Waals surface area contributed by atoms with E-state index in [4.69, 9.17) is 9.73 Å². The van der Waals surface area contributed by atoms with Crippen molar-refractivity contribution in [2.45, 2.75) is 18.4 Å². The van der Waals surface area contributed by atoms with Crippen LogP contribution in [0.3, 0.4) is 0 Å². The minimum absolute atomic E-state index is 0.328. The maximum atomic E-state index is 11.6. The third-order valence-corrected chi connectivity index (χ3v) is 6.23. The summed E-state index contributed by atoms with van der Waals surface area (Å²) in [6.07, 6.45) is 1.22. The van der Waals surface area contributed by atoms with E-state index in [2.05, 4.69) is 28.1 Å². The molecule has 1 saturated heterocycles. The van der Waals surface area contributed by atoms with Crippen LogP contribution in [0, 0.1) is 0 Å². The predicted octanol–water partition coefficient (Wildman–Crippen LogP) is 2.39. The summed E-state index contributed by atoms with van der Waals surface area (Å²) >= 11 is 0. The molecule has 0 aliphatic carbocycles. The Labute approximate surface area is 179 Å².